The predicted molar refractivity (Wildman–Crippen MR) is 123 cm³/mol. The van der Waals surface area contributed by atoms with Crippen LogP contribution in [0.25, 0.3) is 0 Å². The predicted octanol–water partition coefficient (Wildman–Crippen LogP) is 3.29. The molecule has 3 aromatic rings. The second-order valence-electron chi connectivity index (χ2n) is 8.19. The molecule has 3 heterocycles. The first-order valence-corrected chi connectivity index (χ1v) is 11.3. The highest BCUT2D eigenvalue weighted by Gasteiger charge is 2.31. The number of para-hydroxylation sites is 1. The van der Waals surface area contributed by atoms with Crippen molar-refractivity contribution in [2.45, 2.75) is 13.1 Å². The Labute approximate surface area is 195 Å². The molecule has 9 heteroatoms. The summed E-state index contributed by atoms with van der Waals surface area (Å²) in [6.45, 7) is 3.40. The number of carbonyl (C=O) groups excluding carboxylic acids is 2. The molecule has 2 aromatic carbocycles. The van der Waals surface area contributed by atoms with Crippen molar-refractivity contribution in [1.82, 2.24) is 19.6 Å². The van der Waals surface area contributed by atoms with Crippen molar-refractivity contribution in [2.24, 2.45) is 0 Å². The van der Waals surface area contributed by atoms with E-state index in [1.165, 1.54) is 6.07 Å². The summed E-state index contributed by atoms with van der Waals surface area (Å²) in [6, 6.07) is 15.7. The molecule has 0 saturated carbocycles. The van der Waals surface area contributed by atoms with Crippen molar-refractivity contribution in [2.75, 3.05) is 37.6 Å². The molecule has 1 fully saturated rings. The van der Waals surface area contributed by atoms with E-state index in [0.29, 0.717) is 62.2 Å². The number of nitrogens with zero attached hydrogens (tertiary/aromatic N) is 5. The second kappa shape index (κ2) is 8.86. The number of aromatic nitrogens is 2. The Bertz CT molecular complexity index is 1210. The Morgan fingerprint density at radius 3 is 2.45 bits per heavy atom. The number of benzene rings is 2. The van der Waals surface area contributed by atoms with Gasteiger partial charge in [-0.25, -0.2) is 4.39 Å². The number of rotatable bonds is 4. The Morgan fingerprint density at radius 2 is 1.70 bits per heavy atom. The molecule has 0 atom stereocenters. The molecule has 1 saturated heterocycles. The standard InChI is InChI=1S/C24H23ClFN5O2/c25-18-6-2-1-5-17(18)16-30-13-14-31-22(24(30)33)15-20(27-31)23(32)29-11-9-28(10-12-29)21-8-4-3-7-19(21)26/h1-8,15H,9-14,16H2. The summed E-state index contributed by atoms with van der Waals surface area (Å²) >= 11 is 6.25. The molecule has 2 amide bonds. The zero-order valence-electron chi connectivity index (χ0n) is 18.0. The van der Waals surface area contributed by atoms with Gasteiger partial charge in [0.25, 0.3) is 11.8 Å². The van der Waals surface area contributed by atoms with Gasteiger partial charge < -0.3 is 14.7 Å². The monoisotopic (exact) mass is 467 g/mol. The molecule has 1 aromatic heterocycles. The number of hydrogen-bond acceptors (Lipinski definition) is 4. The maximum Gasteiger partial charge on any atom is 0.274 e. The Hall–Kier alpha value is -3.39. The van der Waals surface area contributed by atoms with Crippen LogP contribution in [-0.4, -0.2) is 64.1 Å². The Kier molecular flexibility index (Phi) is 5.76. The zero-order chi connectivity index (χ0) is 22.9. The molecule has 0 unspecified atom stereocenters. The average Bonchev–Trinajstić information content (AvgIpc) is 3.27. The summed E-state index contributed by atoms with van der Waals surface area (Å²) in [5.41, 5.74) is 2.09. The highest BCUT2D eigenvalue weighted by molar-refractivity contribution is 6.31. The molecule has 0 aliphatic carbocycles. The van der Waals surface area contributed by atoms with Gasteiger partial charge >= 0.3 is 0 Å². The van der Waals surface area contributed by atoms with Crippen molar-refractivity contribution >= 4 is 29.1 Å². The van der Waals surface area contributed by atoms with Gasteiger partial charge in [0.05, 0.1) is 12.2 Å². The van der Waals surface area contributed by atoms with Gasteiger partial charge in [0.2, 0.25) is 0 Å². The summed E-state index contributed by atoms with van der Waals surface area (Å²) in [5, 5.41) is 5.03. The minimum Gasteiger partial charge on any atom is -0.366 e. The number of amides is 2. The highest BCUT2D eigenvalue weighted by Crippen LogP contribution is 2.23. The largest absolute Gasteiger partial charge is 0.366 e. The van der Waals surface area contributed by atoms with E-state index in [1.807, 2.05) is 23.1 Å². The Balaban J connectivity index is 1.26. The molecule has 33 heavy (non-hydrogen) atoms. The number of fused-ring (bicyclic) bond motifs is 1. The molecule has 170 valence electrons. The first-order valence-electron chi connectivity index (χ1n) is 10.9. The van der Waals surface area contributed by atoms with E-state index < -0.39 is 0 Å². The van der Waals surface area contributed by atoms with Crippen molar-refractivity contribution in [1.29, 1.82) is 0 Å². The van der Waals surface area contributed by atoms with Crippen LogP contribution in [0.1, 0.15) is 26.5 Å². The molecular formula is C24H23ClFN5O2. The van der Waals surface area contributed by atoms with Crippen LogP contribution < -0.4 is 4.90 Å². The third-order valence-electron chi connectivity index (χ3n) is 6.17. The van der Waals surface area contributed by atoms with E-state index in [9.17, 15) is 14.0 Å². The van der Waals surface area contributed by atoms with Gasteiger partial charge in [-0.05, 0) is 23.8 Å². The molecule has 7 nitrogen and oxygen atoms in total. The molecule has 5 rings (SSSR count). The van der Waals surface area contributed by atoms with Crippen LogP contribution in [0.3, 0.4) is 0 Å². The fourth-order valence-electron chi connectivity index (χ4n) is 4.35. The smallest absolute Gasteiger partial charge is 0.274 e. The van der Waals surface area contributed by atoms with Gasteiger partial charge in [-0.1, -0.05) is 41.9 Å². The normalized spacial score (nSPS) is 16.2. The van der Waals surface area contributed by atoms with Crippen LogP contribution >= 0.6 is 11.6 Å². The lowest BCUT2D eigenvalue weighted by molar-refractivity contribution is 0.0680. The van der Waals surface area contributed by atoms with Crippen LogP contribution in [-0.2, 0) is 13.1 Å². The average molecular weight is 468 g/mol. The lowest BCUT2D eigenvalue weighted by Gasteiger charge is -2.35. The zero-order valence-corrected chi connectivity index (χ0v) is 18.7. The molecular weight excluding hydrogens is 445 g/mol. The number of hydrogen-bond donors (Lipinski definition) is 0. The van der Waals surface area contributed by atoms with E-state index in [2.05, 4.69) is 5.10 Å². The summed E-state index contributed by atoms with van der Waals surface area (Å²) in [6.07, 6.45) is 0. The first-order chi connectivity index (χ1) is 16.0. The van der Waals surface area contributed by atoms with E-state index in [0.717, 1.165) is 5.56 Å². The van der Waals surface area contributed by atoms with Crippen molar-refractivity contribution in [3.63, 3.8) is 0 Å². The quantitative estimate of drug-likeness (QED) is 0.590. The molecule has 0 bridgehead atoms. The van der Waals surface area contributed by atoms with Gasteiger partial charge in [-0.2, -0.15) is 5.10 Å². The van der Waals surface area contributed by atoms with E-state index in [-0.39, 0.29) is 23.3 Å². The van der Waals surface area contributed by atoms with Gasteiger partial charge in [-0.3, -0.25) is 14.3 Å². The van der Waals surface area contributed by atoms with Gasteiger partial charge in [-0.15, -0.1) is 0 Å². The van der Waals surface area contributed by atoms with Gasteiger partial charge in [0.15, 0.2) is 5.69 Å². The summed E-state index contributed by atoms with van der Waals surface area (Å²) in [7, 11) is 0. The minimum atomic E-state index is -0.265. The third-order valence-corrected chi connectivity index (χ3v) is 6.53. The number of halogens is 2. The van der Waals surface area contributed by atoms with Crippen molar-refractivity contribution in [3.05, 3.63) is 82.4 Å². The van der Waals surface area contributed by atoms with Gasteiger partial charge in [0, 0.05) is 50.4 Å². The number of piperazine rings is 1. The highest BCUT2D eigenvalue weighted by atomic mass is 35.5. The van der Waals surface area contributed by atoms with Crippen molar-refractivity contribution in [3.8, 4) is 0 Å². The number of anilines is 1. The van der Waals surface area contributed by atoms with Crippen LogP contribution in [0.2, 0.25) is 5.02 Å². The maximum absolute atomic E-state index is 14.1. The van der Waals surface area contributed by atoms with Crippen molar-refractivity contribution < 1.29 is 14.0 Å². The molecule has 0 N–H and O–H groups in total. The van der Waals surface area contributed by atoms with Crippen LogP contribution in [0.4, 0.5) is 10.1 Å². The van der Waals surface area contributed by atoms with Crippen LogP contribution in [0.15, 0.2) is 54.6 Å². The SMILES string of the molecule is O=C(c1cc2n(n1)CCN(Cc1ccccc1Cl)C2=O)N1CCN(c2ccccc2F)CC1. The van der Waals surface area contributed by atoms with Crippen LogP contribution in [0, 0.1) is 5.82 Å². The molecule has 2 aliphatic rings. The second-order valence-corrected chi connectivity index (χ2v) is 8.59. The minimum absolute atomic E-state index is 0.169. The maximum atomic E-state index is 14.1. The topological polar surface area (TPSA) is 61.7 Å². The summed E-state index contributed by atoms with van der Waals surface area (Å²) in [4.78, 5) is 31.5. The summed E-state index contributed by atoms with van der Waals surface area (Å²) < 4.78 is 15.7. The van der Waals surface area contributed by atoms with Crippen LogP contribution in [0.5, 0.6) is 0 Å². The first kappa shape index (κ1) is 21.5. The summed E-state index contributed by atoms with van der Waals surface area (Å²) in [5.74, 6) is -0.647. The molecule has 0 radical (unpaired) electrons. The Morgan fingerprint density at radius 1 is 0.970 bits per heavy atom. The lowest BCUT2D eigenvalue weighted by Crippen LogP contribution is -2.49. The fraction of sp³-hybridized carbons (Fsp3) is 0.292. The third kappa shape index (κ3) is 4.18. The van der Waals surface area contributed by atoms with E-state index in [4.69, 9.17) is 11.6 Å². The van der Waals surface area contributed by atoms with E-state index in [1.54, 1.807) is 44.8 Å². The fourth-order valence-corrected chi connectivity index (χ4v) is 4.54. The molecule has 0 spiro atoms. The van der Waals surface area contributed by atoms with Gasteiger partial charge in [0.1, 0.15) is 11.5 Å². The molecule has 2 aliphatic heterocycles. The number of carbonyl (C=O) groups is 2. The lowest BCUT2D eigenvalue weighted by atomic mass is 10.2. The van der Waals surface area contributed by atoms with E-state index >= 15 is 0 Å².